The lowest BCUT2D eigenvalue weighted by molar-refractivity contribution is 0.0526. The van der Waals surface area contributed by atoms with Crippen molar-refractivity contribution in [2.45, 2.75) is 6.92 Å². The predicted molar refractivity (Wildman–Crippen MR) is 154 cm³/mol. The van der Waals surface area contributed by atoms with E-state index in [1.165, 1.54) is 0 Å². The van der Waals surface area contributed by atoms with Gasteiger partial charge in [0.15, 0.2) is 10.2 Å². The van der Waals surface area contributed by atoms with Gasteiger partial charge in [-0.2, -0.15) is 0 Å². The molecule has 37 heavy (non-hydrogen) atoms. The van der Waals surface area contributed by atoms with Gasteiger partial charge in [0, 0.05) is 11.4 Å². The maximum Gasteiger partial charge on any atom is 0.338 e. The molecule has 0 amide bonds. The third-order valence-electron chi connectivity index (χ3n) is 5.20. The van der Waals surface area contributed by atoms with Crippen LogP contribution in [-0.4, -0.2) is 42.7 Å². The van der Waals surface area contributed by atoms with Gasteiger partial charge in [0.25, 0.3) is 0 Å². The number of thiocarbonyl (C=S) groups is 2. The van der Waals surface area contributed by atoms with Gasteiger partial charge in [0.05, 0.1) is 34.2 Å². The van der Waals surface area contributed by atoms with Crippen molar-refractivity contribution in [1.82, 2.24) is 19.9 Å². The van der Waals surface area contributed by atoms with Gasteiger partial charge in [0.1, 0.15) is 0 Å². The number of aromatic amines is 2. The fourth-order valence-electron chi connectivity index (χ4n) is 3.67. The highest BCUT2D eigenvalue weighted by Gasteiger charge is 2.13. The molecule has 2 heterocycles. The summed E-state index contributed by atoms with van der Waals surface area (Å²) in [6, 6.07) is 20.4. The Labute approximate surface area is 222 Å². The summed E-state index contributed by atoms with van der Waals surface area (Å²) < 4.78 is 5.19. The standard InChI is InChI=1S/C25H22N8O2S2/c1-2-35-21(34)14-11-15(26-24(36)32-22-28-17-7-3-4-8-18(17)29-22)13-16(12-14)27-25(37)33-23-30-19-9-5-6-10-20(19)31-23/h3-13H,2H2,1H3,(H3,26,28,29,32,36)(H3,27,30,31,33,37). The van der Waals surface area contributed by atoms with Crippen LogP contribution in [0.3, 0.4) is 0 Å². The van der Waals surface area contributed by atoms with E-state index in [1.807, 2.05) is 48.5 Å². The van der Waals surface area contributed by atoms with Crippen LogP contribution in [0.25, 0.3) is 22.1 Å². The Morgan fingerprint density at radius 1 is 0.784 bits per heavy atom. The average Bonchev–Trinajstić information content (AvgIpc) is 3.46. The van der Waals surface area contributed by atoms with Gasteiger partial charge >= 0.3 is 5.97 Å². The topological polar surface area (TPSA) is 132 Å². The minimum Gasteiger partial charge on any atom is -0.462 e. The third kappa shape index (κ3) is 5.82. The number of aromatic nitrogens is 4. The number of H-pyrrole nitrogens is 2. The van der Waals surface area contributed by atoms with E-state index in [9.17, 15) is 4.79 Å². The molecule has 0 fully saturated rings. The van der Waals surface area contributed by atoms with Crippen molar-refractivity contribution in [3.05, 3.63) is 72.3 Å². The van der Waals surface area contributed by atoms with Crippen molar-refractivity contribution in [2.75, 3.05) is 27.9 Å². The van der Waals surface area contributed by atoms with E-state index in [1.54, 1.807) is 25.1 Å². The summed E-state index contributed by atoms with van der Waals surface area (Å²) in [5, 5.41) is 12.8. The highest BCUT2D eigenvalue weighted by Crippen LogP contribution is 2.22. The zero-order valence-electron chi connectivity index (χ0n) is 19.6. The van der Waals surface area contributed by atoms with Crippen molar-refractivity contribution in [3.63, 3.8) is 0 Å². The lowest BCUT2D eigenvalue weighted by atomic mass is 10.1. The SMILES string of the molecule is CCOC(=O)c1cc(NC(=S)Nc2nc3ccccc3[nH]2)cc(NC(=S)Nc2nc3ccccc3[nH]2)c1. The largest absolute Gasteiger partial charge is 0.462 e. The molecular formula is C25H22N8O2S2. The Bertz CT molecular complexity index is 1450. The van der Waals surface area contributed by atoms with E-state index in [-0.39, 0.29) is 16.8 Å². The highest BCUT2D eigenvalue weighted by atomic mass is 32.1. The molecule has 0 aliphatic carbocycles. The zero-order chi connectivity index (χ0) is 25.8. The first-order chi connectivity index (χ1) is 18.0. The summed E-state index contributed by atoms with van der Waals surface area (Å²) in [5.41, 5.74) is 4.82. The number of fused-ring (bicyclic) bond motifs is 2. The van der Waals surface area contributed by atoms with Crippen LogP contribution < -0.4 is 21.3 Å². The molecule has 2 aromatic heterocycles. The van der Waals surface area contributed by atoms with E-state index >= 15 is 0 Å². The van der Waals surface area contributed by atoms with Gasteiger partial charge in [0.2, 0.25) is 11.9 Å². The van der Waals surface area contributed by atoms with Gasteiger partial charge in [-0.3, -0.25) is 0 Å². The van der Waals surface area contributed by atoms with E-state index in [0.29, 0.717) is 28.8 Å². The quantitative estimate of drug-likeness (QED) is 0.128. The summed E-state index contributed by atoms with van der Waals surface area (Å²) in [6.45, 7) is 2.00. The van der Waals surface area contributed by atoms with E-state index < -0.39 is 5.97 Å². The lowest BCUT2D eigenvalue weighted by Gasteiger charge is -2.14. The molecule has 0 aliphatic rings. The molecule has 0 spiro atoms. The molecule has 0 bridgehead atoms. The highest BCUT2D eigenvalue weighted by molar-refractivity contribution is 7.81. The van der Waals surface area contributed by atoms with Crippen LogP contribution in [0.2, 0.25) is 0 Å². The molecule has 3 aromatic carbocycles. The monoisotopic (exact) mass is 530 g/mol. The summed E-state index contributed by atoms with van der Waals surface area (Å²) in [7, 11) is 0. The summed E-state index contributed by atoms with van der Waals surface area (Å²) in [4.78, 5) is 27.7. The summed E-state index contributed by atoms with van der Waals surface area (Å²) in [6.07, 6.45) is 0. The molecule has 5 aromatic rings. The van der Waals surface area contributed by atoms with E-state index in [0.717, 1.165) is 22.1 Å². The molecule has 10 nitrogen and oxygen atoms in total. The number of carbonyl (C=O) groups is 1. The Hall–Kier alpha value is -4.55. The molecule has 12 heteroatoms. The molecule has 5 rings (SSSR count). The number of nitrogens with one attached hydrogen (secondary N) is 6. The number of hydrogen-bond donors (Lipinski definition) is 6. The van der Waals surface area contributed by atoms with Crippen molar-refractivity contribution in [3.8, 4) is 0 Å². The van der Waals surface area contributed by atoms with Crippen LogP contribution in [0.5, 0.6) is 0 Å². The number of para-hydroxylation sites is 4. The average molecular weight is 531 g/mol. The zero-order valence-corrected chi connectivity index (χ0v) is 21.2. The number of hydrogen-bond acceptors (Lipinski definition) is 6. The van der Waals surface area contributed by atoms with E-state index in [2.05, 4.69) is 41.2 Å². The fourth-order valence-corrected chi connectivity index (χ4v) is 4.10. The van der Waals surface area contributed by atoms with Crippen LogP contribution in [0, 0.1) is 0 Å². The van der Waals surface area contributed by atoms with Gasteiger partial charge in [-0.05, 0) is 73.8 Å². The van der Waals surface area contributed by atoms with Crippen LogP contribution in [-0.2, 0) is 4.74 Å². The summed E-state index contributed by atoms with van der Waals surface area (Å²) in [5.74, 6) is 0.520. The number of imidazole rings is 2. The maximum absolute atomic E-state index is 12.5. The third-order valence-corrected chi connectivity index (χ3v) is 5.61. The van der Waals surface area contributed by atoms with Crippen molar-refractivity contribution < 1.29 is 9.53 Å². The fraction of sp³-hybridized carbons (Fsp3) is 0.0800. The van der Waals surface area contributed by atoms with Gasteiger partial charge < -0.3 is 36.0 Å². The van der Waals surface area contributed by atoms with Crippen molar-refractivity contribution >= 4 is 86.0 Å². The molecule has 0 atom stereocenters. The second-order valence-electron chi connectivity index (χ2n) is 7.88. The molecule has 0 radical (unpaired) electrons. The Morgan fingerprint density at radius 2 is 1.27 bits per heavy atom. The van der Waals surface area contributed by atoms with Crippen LogP contribution in [0.1, 0.15) is 17.3 Å². The summed E-state index contributed by atoms with van der Waals surface area (Å²) >= 11 is 10.9. The molecule has 0 aliphatic heterocycles. The maximum atomic E-state index is 12.5. The Balaban J connectivity index is 1.32. The molecule has 186 valence electrons. The first kappa shape index (κ1) is 24.2. The molecule has 0 unspecified atom stereocenters. The first-order valence-electron chi connectivity index (χ1n) is 11.3. The predicted octanol–water partition coefficient (Wildman–Crippen LogP) is 5.23. The normalized spacial score (nSPS) is 10.7. The van der Waals surface area contributed by atoms with Gasteiger partial charge in [-0.15, -0.1) is 0 Å². The number of benzene rings is 3. The molecule has 0 saturated carbocycles. The number of rotatable bonds is 6. The van der Waals surface area contributed by atoms with Crippen LogP contribution >= 0.6 is 24.4 Å². The van der Waals surface area contributed by atoms with Gasteiger partial charge in [-0.1, -0.05) is 24.3 Å². The molecule has 6 N–H and O–H groups in total. The Morgan fingerprint density at radius 3 is 1.73 bits per heavy atom. The second kappa shape index (κ2) is 10.6. The second-order valence-corrected chi connectivity index (χ2v) is 8.70. The molecule has 0 saturated heterocycles. The minimum absolute atomic E-state index is 0.247. The first-order valence-corrected chi connectivity index (χ1v) is 12.2. The van der Waals surface area contributed by atoms with Crippen molar-refractivity contribution in [2.24, 2.45) is 0 Å². The Kier molecular flexibility index (Phi) is 6.92. The van der Waals surface area contributed by atoms with Crippen LogP contribution in [0.4, 0.5) is 23.3 Å². The number of anilines is 4. The van der Waals surface area contributed by atoms with E-state index in [4.69, 9.17) is 29.2 Å². The number of esters is 1. The van der Waals surface area contributed by atoms with Crippen LogP contribution in [0.15, 0.2) is 66.7 Å². The van der Waals surface area contributed by atoms with Gasteiger partial charge in [-0.25, -0.2) is 14.8 Å². The lowest BCUT2D eigenvalue weighted by Crippen LogP contribution is -2.22. The minimum atomic E-state index is -0.471. The number of ether oxygens (including phenoxy) is 1. The smallest absolute Gasteiger partial charge is 0.338 e. The number of carbonyl (C=O) groups excluding carboxylic acids is 1. The molecular weight excluding hydrogens is 508 g/mol. The van der Waals surface area contributed by atoms with Crippen molar-refractivity contribution in [1.29, 1.82) is 0 Å². The number of nitrogens with zero attached hydrogens (tertiary/aromatic N) is 2.